The van der Waals surface area contributed by atoms with Crippen molar-refractivity contribution in [1.29, 1.82) is 5.41 Å². The van der Waals surface area contributed by atoms with Crippen molar-refractivity contribution in [3.8, 4) is 17.2 Å². The third-order valence-corrected chi connectivity index (χ3v) is 4.91. The summed E-state index contributed by atoms with van der Waals surface area (Å²) < 4.78 is 11.6. The molecule has 7 nitrogen and oxygen atoms in total. The van der Waals surface area contributed by atoms with E-state index in [9.17, 15) is 9.59 Å². The Morgan fingerprint density at radius 3 is 2.58 bits per heavy atom. The second kappa shape index (κ2) is 9.84. The van der Waals surface area contributed by atoms with Crippen molar-refractivity contribution in [2.24, 2.45) is 5.92 Å². The van der Waals surface area contributed by atoms with Gasteiger partial charge >= 0.3 is 5.97 Å². The number of oxazole rings is 1. The number of carboxylic acids is 1. The molecule has 3 aromatic rings. The summed E-state index contributed by atoms with van der Waals surface area (Å²) in [5.74, 6) is -1.01. The number of aromatic nitrogens is 1. The lowest BCUT2D eigenvalue weighted by Gasteiger charge is -2.11. The molecule has 0 aliphatic carbocycles. The van der Waals surface area contributed by atoms with Gasteiger partial charge < -0.3 is 19.7 Å². The molecule has 1 aromatic heterocycles. The molecule has 0 fully saturated rings. The molecule has 0 amide bonds. The maximum atomic E-state index is 12.3. The molecule has 1 heterocycles. The lowest BCUT2D eigenvalue weighted by atomic mass is 9.94. The molecule has 0 bridgehead atoms. The van der Waals surface area contributed by atoms with Gasteiger partial charge in [-0.15, -0.1) is 0 Å². The highest BCUT2D eigenvalue weighted by Gasteiger charge is 2.26. The summed E-state index contributed by atoms with van der Waals surface area (Å²) in [4.78, 5) is 28.0. The Bertz CT molecular complexity index is 1090. The molecule has 160 valence electrons. The highest BCUT2D eigenvalue weighted by atomic mass is 16.5. The van der Waals surface area contributed by atoms with Crippen LogP contribution in [0.15, 0.2) is 59.0 Å². The van der Waals surface area contributed by atoms with Crippen molar-refractivity contribution >= 4 is 17.5 Å². The van der Waals surface area contributed by atoms with Gasteiger partial charge in [0.2, 0.25) is 5.89 Å². The van der Waals surface area contributed by atoms with Gasteiger partial charge in [-0.25, -0.2) is 4.98 Å². The number of carbonyl (C=O) groups is 2. The number of nitrogens with zero attached hydrogens (tertiary/aromatic N) is 1. The number of hydrogen-bond donors (Lipinski definition) is 2. The van der Waals surface area contributed by atoms with E-state index in [1.807, 2.05) is 37.3 Å². The minimum atomic E-state index is -1.16. The number of ketones is 1. The zero-order chi connectivity index (χ0) is 22.4. The van der Waals surface area contributed by atoms with E-state index in [1.54, 1.807) is 31.2 Å². The van der Waals surface area contributed by atoms with Crippen molar-refractivity contribution in [3.63, 3.8) is 0 Å². The van der Waals surface area contributed by atoms with Crippen LogP contribution in [-0.2, 0) is 22.6 Å². The number of nitrogens with one attached hydrogen (secondary N) is 1. The summed E-state index contributed by atoms with van der Waals surface area (Å²) in [6.45, 7) is 3.67. The number of carboxylic acid groups (broad SMARTS) is 1. The lowest BCUT2D eigenvalue weighted by Crippen LogP contribution is -2.30. The number of benzene rings is 2. The smallest absolute Gasteiger partial charge is 0.312 e. The summed E-state index contributed by atoms with van der Waals surface area (Å²) in [5.41, 5.74) is 1.82. The van der Waals surface area contributed by atoms with Gasteiger partial charge in [-0.2, -0.15) is 0 Å². The van der Waals surface area contributed by atoms with Crippen LogP contribution in [-0.4, -0.2) is 27.6 Å². The Morgan fingerprint density at radius 2 is 1.90 bits per heavy atom. The molecule has 0 unspecified atom stereocenters. The first-order valence-electron chi connectivity index (χ1n) is 9.97. The number of carbonyl (C=O) groups excluding carboxylic acids is 1. The van der Waals surface area contributed by atoms with Crippen LogP contribution in [0.25, 0.3) is 11.5 Å². The van der Waals surface area contributed by atoms with Crippen molar-refractivity contribution in [2.45, 2.75) is 33.3 Å². The summed E-state index contributed by atoms with van der Waals surface area (Å²) in [7, 11) is 0. The summed E-state index contributed by atoms with van der Waals surface area (Å²) in [5, 5.41) is 17.0. The molecular formula is C24H24N2O5. The quantitative estimate of drug-likeness (QED) is 0.468. The third kappa shape index (κ3) is 5.45. The maximum absolute atomic E-state index is 12.3. The molecule has 31 heavy (non-hydrogen) atoms. The van der Waals surface area contributed by atoms with Gasteiger partial charge in [0.25, 0.3) is 0 Å². The predicted octanol–water partition coefficient (Wildman–Crippen LogP) is 4.47. The third-order valence-electron chi connectivity index (χ3n) is 4.91. The Labute approximate surface area is 180 Å². The van der Waals surface area contributed by atoms with Crippen molar-refractivity contribution in [3.05, 3.63) is 71.6 Å². The monoisotopic (exact) mass is 420 g/mol. The fraction of sp³-hybridized carbons (Fsp3) is 0.250. The number of ether oxygens (including phenoxy) is 1. The Balaban J connectivity index is 1.65. The van der Waals surface area contributed by atoms with Crippen LogP contribution in [0.3, 0.4) is 0 Å². The summed E-state index contributed by atoms with van der Waals surface area (Å²) >= 11 is 0. The molecule has 0 saturated heterocycles. The second-order valence-electron chi connectivity index (χ2n) is 7.14. The molecule has 0 aliphatic rings. The number of rotatable bonds is 10. The Kier molecular flexibility index (Phi) is 6.97. The zero-order valence-corrected chi connectivity index (χ0v) is 17.4. The molecule has 2 N–H and O–H groups in total. The zero-order valence-electron chi connectivity index (χ0n) is 17.4. The standard InChI is InChI=1S/C24H24N2O5/c1-3-19(24(28)29)22(25)21(27)13-16-8-7-11-18(12-16)30-14-20-15(2)31-23(26-20)17-9-5-4-6-10-17/h4-12,19,25H,3,13-14H2,1-2H3,(H,28,29)/t19-/m1/s1. The molecular weight excluding hydrogens is 396 g/mol. The van der Waals surface area contributed by atoms with Crippen LogP contribution in [0.5, 0.6) is 5.75 Å². The highest BCUT2D eigenvalue weighted by Crippen LogP contribution is 2.23. The molecule has 7 heteroatoms. The Hall–Kier alpha value is -3.74. The predicted molar refractivity (Wildman–Crippen MR) is 115 cm³/mol. The average molecular weight is 420 g/mol. The van der Waals surface area contributed by atoms with E-state index >= 15 is 0 Å². The van der Waals surface area contributed by atoms with Crippen molar-refractivity contribution in [1.82, 2.24) is 4.98 Å². The molecule has 0 spiro atoms. The van der Waals surface area contributed by atoms with E-state index in [1.165, 1.54) is 0 Å². The van der Waals surface area contributed by atoms with Crippen LogP contribution < -0.4 is 4.74 Å². The van der Waals surface area contributed by atoms with Gasteiger partial charge in [-0.1, -0.05) is 37.3 Å². The second-order valence-corrected chi connectivity index (χ2v) is 7.14. The largest absolute Gasteiger partial charge is 0.487 e. The highest BCUT2D eigenvalue weighted by molar-refractivity contribution is 6.42. The fourth-order valence-electron chi connectivity index (χ4n) is 3.14. The number of aryl methyl sites for hydroxylation is 1. The fourth-order valence-corrected chi connectivity index (χ4v) is 3.14. The molecule has 2 aromatic carbocycles. The minimum absolute atomic E-state index is 0.0546. The van der Waals surface area contributed by atoms with Crippen LogP contribution in [0, 0.1) is 18.3 Å². The van der Waals surface area contributed by atoms with Crippen molar-refractivity contribution in [2.75, 3.05) is 0 Å². The van der Waals surface area contributed by atoms with E-state index in [2.05, 4.69) is 4.98 Å². The maximum Gasteiger partial charge on any atom is 0.312 e. The van der Waals surface area contributed by atoms with Gasteiger partial charge in [0, 0.05) is 12.0 Å². The van der Waals surface area contributed by atoms with E-state index in [0.717, 1.165) is 5.56 Å². The lowest BCUT2D eigenvalue weighted by molar-refractivity contribution is -0.139. The van der Waals surface area contributed by atoms with Gasteiger partial charge in [0.05, 0.1) is 5.71 Å². The minimum Gasteiger partial charge on any atom is -0.487 e. The van der Waals surface area contributed by atoms with E-state index in [-0.39, 0.29) is 25.2 Å². The van der Waals surface area contributed by atoms with Gasteiger partial charge in [-0.3, -0.25) is 9.59 Å². The summed E-state index contributed by atoms with van der Waals surface area (Å²) in [6.07, 6.45) is 0.145. The van der Waals surface area contributed by atoms with Gasteiger partial charge in [-0.05, 0) is 43.2 Å². The normalized spacial score (nSPS) is 11.7. The summed E-state index contributed by atoms with van der Waals surface area (Å²) in [6, 6.07) is 16.6. The number of aliphatic carboxylic acids is 1. The molecule has 1 atom stereocenters. The molecule has 0 saturated carbocycles. The Morgan fingerprint density at radius 1 is 1.16 bits per heavy atom. The van der Waals surface area contributed by atoms with E-state index in [4.69, 9.17) is 19.7 Å². The number of hydrogen-bond acceptors (Lipinski definition) is 6. The first kappa shape index (κ1) is 22.0. The SMILES string of the molecule is CC[C@H](C(=N)C(=O)Cc1cccc(OCc2nc(-c3ccccc3)oc2C)c1)C(=O)O. The van der Waals surface area contributed by atoms with Crippen molar-refractivity contribution < 1.29 is 23.8 Å². The van der Waals surface area contributed by atoms with Crippen LogP contribution in [0.2, 0.25) is 0 Å². The van der Waals surface area contributed by atoms with Crippen LogP contribution in [0.4, 0.5) is 0 Å². The molecule has 0 aliphatic heterocycles. The average Bonchev–Trinajstić information content (AvgIpc) is 3.14. The van der Waals surface area contributed by atoms with Crippen LogP contribution in [0.1, 0.15) is 30.4 Å². The first-order chi connectivity index (χ1) is 14.9. The van der Waals surface area contributed by atoms with E-state index in [0.29, 0.717) is 28.7 Å². The van der Waals surface area contributed by atoms with Gasteiger partial charge in [0.1, 0.15) is 29.7 Å². The number of Topliss-reactive ketones (excluding diaryl/α,β-unsaturated/α-hetero) is 1. The first-order valence-corrected chi connectivity index (χ1v) is 9.97. The topological polar surface area (TPSA) is 113 Å². The molecule has 0 radical (unpaired) electrons. The van der Waals surface area contributed by atoms with Crippen LogP contribution >= 0.6 is 0 Å². The van der Waals surface area contributed by atoms with Gasteiger partial charge in [0.15, 0.2) is 5.78 Å². The van der Waals surface area contributed by atoms with E-state index < -0.39 is 17.7 Å². The molecule has 3 rings (SSSR count).